The van der Waals surface area contributed by atoms with Gasteiger partial charge in [0.15, 0.2) is 0 Å². The number of methoxy groups -OCH3 is 1. The lowest BCUT2D eigenvalue weighted by Gasteiger charge is -2.19. The van der Waals surface area contributed by atoms with Crippen LogP contribution in [0.25, 0.3) is 0 Å². The molecule has 1 aromatic rings. The highest BCUT2D eigenvalue weighted by Gasteiger charge is 2.31. The Morgan fingerprint density at radius 2 is 2.20 bits per heavy atom. The fourth-order valence-corrected chi connectivity index (χ4v) is 3.22. The van der Waals surface area contributed by atoms with Crippen molar-refractivity contribution in [3.05, 3.63) is 29.3 Å². The summed E-state index contributed by atoms with van der Waals surface area (Å²) in [5.41, 5.74) is 2.87. The van der Waals surface area contributed by atoms with Crippen LogP contribution in [-0.2, 0) is 11.2 Å². The lowest BCUT2D eigenvalue weighted by molar-refractivity contribution is -0.120. The average Bonchev–Trinajstić information content (AvgIpc) is 2.84. The van der Waals surface area contributed by atoms with Crippen molar-refractivity contribution in [3.63, 3.8) is 0 Å². The van der Waals surface area contributed by atoms with Crippen molar-refractivity contribution in [2.75, 3.05) is 13.7 Å². The summed E-state index contributed by atoms with van der Waals surface area (Å²) < 4.78 is 5.35. The van der Waals surface area contributed by atoms with Gasteiger partial charge in [0.1, 0.15) is 5.75 Å². The zero-order chi connectivity index (χ0) is 14.5. The van der Waals surface area contributed by atoms with E-state index in [4.69, 9.17) is 4.74 Å². The molecule has 20 heavy (non-hydrogen) atoms. The maximum absolute atomic E-state index is 11.4. The second-order valence-electron chi connectivity index (χ2n) is 5.54. The molecular formula is C17H25NO2. The molecule has 0 radical (unpaired) electrons. The Bertz CT molecular complexity index is 470. The highest BCUT2D eigenvalue weighted by atomic mass is 16.5. The summed E-state index contributed by atoms with van der Waals surface area (Å²) >= 11 is 0. The maximum Gasteiger partial charge on any atom is 0.219 e. The first-order valence-corrected chi connectivity index (χ1v) is 7.63. The van der Waals surface area contributed by atoms with Gasteiger partial charge < -0.3 is 10.1 Å². The van der Waals surface area contributed by atoms with Gasteiger partial charge in [-0.25, -0.2) is 0 Å². The molecule has 0 spiro atoms. The highest BCUT2D eigenvalue weighted by Crippen LogP contribution is 2.42. The molecule has 1 N–H and O–H groups in total. The quantitative estimate of drug-likeness (QED) is 0.865. The molecule has 0 aromatic heterocycles. The molecule has 1 aliphatic carbocycles. The summed E-state index contributed by atoms with van der Waals surface area (Å²) in [7, 11) is 1.71. The van der Waals surface area contributed by atoms with Gasteiger partial charge in [-0.3, -0.25) is 4.79 Å². The lowest BCUT2D eigenvalue weighted by Crippen LogP contribution is -2.25. The van der Waals surface area contributed by atoms with E-state index in [1.807, 2.05) is 13.0 Å². The van der Waals surface area contributed by atoms with Crippen molar-refractivity contribution in [1.29, 1.82) is 0 Å². The van der Waals surface area contributed by atoms with Gasteiger partial charge in [-0.15, -0.1) is 0 Å². The Hall–Kier alpha value is -1.51. The molecule has 2 atom stereocenters. The van der Waals surface area contributed by atoms with Gasteiger partial charge in [0.25, 0.3) is 0 Å². The van der Waals surface area contributed by atoms with E-state index in [1.165, 1.54) is 17.5 Å². The molecule has 0 heterocycles. The molecule has 2 unspecified atom stereocenters. The van der Waals surface area contributed by atoms with Crippen molar-refractivity contribution in [1.82, 2.24) is 5.32 Å². The topological polar surface area (TPSA) is 38.3 Å². The van der Waals surface area contributed by atoms with E-state index in [2.05, 4.69) is 24.4 Å². The summed E-state index contributed by atoms with van der Waals surface area (Å²) in [4.78, 5) is 11.4. The molecule has 3 nitrogen and oxygen atoms in total. The Morgan fingerprint density at radius 3 is 2.85 bits per heavy atom. The molecule has 1 aliphatic rings. The van der Waals surface area contributed by atoms with Crippen LogP contribution in [0.1, 0.15) is 50.2 Å². The fourth-order valence-electron chi connectivity index (χ4n) is 3.22. The molecule has 0 bridgehead atoms. The Balaban J connectivity index is 2.08. The molecule has 1 aromatic carbocycles. The predicted octanol–water partition coefficient (Wildman–Crippen LogP) is 3.28. The van der Waals surface area contributed by atoms with Crippen LogP contribution in [0.5, 0.6) is 5.75 Å². The normalized spacial score (nSPS) is 20.6. The second-order valence-corrected chi connectivity index (χ2v) is 5.54. The molecule has 2 rings (SSSR count). The number of fused-ring (bicyclic) bond motifs is 1. The first-order valence-electron chi connectivity index (χ1n) is 7.63. The van der Waals surface area contributed by atoms with Gasteiger partial charge in [-0.2, -0.15) is 0 Å². The number of rotatable bonds is 6. The van der Waals surface area contributed by atoms with Gasteiger partial charge in [-0.1, -0.05) is 26.3 Å². The molecule has 1 amide bonds. The van der Waals surface area contributed by atoms with Gasteiger partial charge in [0, 0.05) is 13.0 Å². The van der Waals surface area contributed by atoms with E-state index in [9.17, 15) is 4.79 Å². The number of hydrogen-bond donors (Lipinski definition) is 1. The van der Waals surface area contributed by atoms with Crippen LogP contribution >= 0.6 is 0 Å². The van der Waals surface area contributed by atoms with Crippen LogP contribution in [0.4, 0.5) is 0 Å². The Labute approximate surface area is 121 Å². The largest absolute Gasteiger partial charge is 0.497 e. The van der Waals surface area contributed by atoms with Crippen LogP contribution in [0.2, 0.25) is 0 Å². The van der Waals surface area contributed by atoms with Crippen molar-refractivity contribution >= 4 is 5.91 Å². The summed E-state index contributed by atoms with van der Waals surface area (Å²) in [5.74, 6) is 2.31. The van der Waals surface area contributed by atoms with Crippen molar-refractivity contribution in [2.24, 2.45) is 5.92 Å². The van der Waals surface area contributed by atoms with Gasteiger partial charge in [-0.05, 0) is 47.9 Å². The van der Waals surface area contributed by atoms with Gasteiger partial charge in [0.05, 0.1) is 7.11 Å². The summed E-state index contributed by atoms with van der Waals surface area (Å²) in [6, 6.07) is 6.42. The first kappa shape index (κ1) is 14.9. The van der Waals surface area contributed by atoms with Crippen molar-refractivity contribution < 1.29 is 9.53 Å². The first-order chi connectivity index (χ1) is 9.69. The Kier molecular flexibility index (Phi) is 5.05. The van der Waals surface area contributed by atoms with E-state index in [0.717, 1.165) is 25.1 Å². The van der Waals surface area contributed by atoms with E-state index in [1.54, 1.807) is 7.11 Å². The standard InChI is InChI=1S/C17H25NO2/c1-4-12-10-13-6-7-14(20-3)11-16(13)15(12)8-9-18-17(19)5-2/h6-7,11-12,15H,4-5,8-10H2,1-3H3,(H,18,19). The van der Waals surface area contributed by atoms with Crippen LogP contribution < -0.4 is 10.1 Å². The van der Waals surface area contributed by atoms with Crippen molar-refractivity contribution in [3.8, 4) is 5.75 Å². The minimum absolute atomic E-state index is 0.141. The summed E-state index contributed by atoms with van der Waals surface area (Å²) in [6.07, 6.45) is 3.92. The van der Waals surface area contributed by atoms with Crippen molar-refractivity contribution in [2.45, 2.75) is 45.4 Å². The van der Waals surface area contributed by atoms with Gasteiger partial charge >= 0.3 is 0 Å². The number of carbonyl (C=O) groups is 1. The SMILES string of the molecule is CCC(=O)NCCC1c2cc(OC)ccc2CC1CC. The zero-order valence-corrected chi connectivity index (χ0v) is 12.7. The third-order valence-electron chi connectivity index (χ3n) is 4.43. The maximum atomic E-state index is 11.4. The third kappa shape index (κ3) is 3.14. The van der Waals surface area contributed by atoms with E-state index >= 15 is 0 Å². The fraction of sp³-hybridized carbons (Fsp3) is 0.588. The van der Waals surface area contributed by atoms with Crippen LogP contribution in [0.3, 0.4) is 0 Å². The number of amides is 1. The minimum Gasteiger partial charge on any atom is -0.497 e. The third-order valence-corrected chi connectivity index (χ3v) is 4.43. The number of hydrogen-bond acceptors (Lipinski definition) is 2. The predicted molar refractivity (Wildman–Crippen MR) is 81.1 cm³/mol. The minimum atomic E-state index is 0.141. The van der Waals surface area contributed by atoms with Gasteiger partial charge in [0.2, 0.25) is 5.91 Å². The van der Waals surface area contributed by atoms with Crippen LogP contribution in [0, 0.1) is 5.92 Å². The molecule has 110 valence electrons. The highest BCUT2D eigenvalue weighted by molar-refractivity contribution is 5.75. The number of nitrogens with one attached hydrogen (secondary N) is 1. The average molecular weight is 275 g/mol. The zero-order valence-electron chi connectivity index (χ0n) is 12.7. The van der Waals surface area contributed by atoms with Crippen LogP contribution in [0.15, 0.2) is 18.2 Å². The molecule has 0 fully saturated rings. The van der Waals surface area contributed by atoms with E-state index in [-0.39, 0.29) is 5.91 Å². The van der Waals surface area contributed by atoms with E-state index in [0.29, 0.717) is 18.3 Å². The number of ether oxygens (including phenoxy) is 1. The summed E-state index contributed by atoms with van der Waals surface area (Å²) in [6.45, 7) is 4.91. The molecule has 0 saturated heterocycles. The number of carbonyl (C=O) groups excluding carboxylic acids is 1. The lowest BCUT2D eigenvalue weighted by atomic mass is 9.88. The van der Waals surface area contributed by atoms with E-state index < -0.39 is 0 Å². The Morgan fingerprint density at radius 1 is 1.40 bits per heavy atom. The number of benzene rings is 1. The molecule has 0 saturated carbocycles. The van der Waals surface area contributed by atoms with Crippen LogP contribution in [-0.4, -0.2) is 19.6 Å². The second kappa shape index (κ2) is 6.78. The monoisotopic (exact) mass is 275 g/mol. The molecule has 3 heteroatoms. The molecule has 0 aliphatic heterocycles. The molecular weight excluding hydrogens is 250 g/mol. The summed E-state index contributed by atoms with van der Waals surface area (Å²) in [5, 5.41) is 2.99. The smallest absolute Gasteiger partial charge is 0.219 e.